The van der Waals surface area contributed by atoms with Crippen LogP contribution in [0, 0.1) is 0 Å². The molecule has 0 atom stereocenters. The number of rotatable bonds is 8. The zero-order valence-corrected chi connectivity index (χ0v) is 18.1. The molecule has 2 heterocycles. The number of anilines is 1. The van der Waals surface area contributed by atoms with Gasteiger partial charge in [-0.3, -0.25) is 0 Å². The molecule has 0 amide bonds. The SMILES string of the molecule is CCOc1cc(Cc2cnc(N)c(C(=O)O)c2C2CCNCC2)cc(OCC)c1Cl. The summed E-state index contributed by atoms with van der Waals surface area (Å²) < 4.78 is 11.4. The topological polar surface area (TPSA) is 107 Å². The number of carboxylic acids is 1. The molecule has 0 aliphatic carbocycles. The van der Waals surface area contributed by atoms with Gasteiger partial charge in [0.15, 0.2) is 0 Å². The molecule has 2 aromatic rings. The van der Waals surface area contributed by atoms with Crippen molar-refractivity contribution in [2.45, 2.75) is 39.0 Å². The van der Waals surface area contributed by atoms with E-state index in [1.807, 2.05) is 26.0 Å². The van der Waals surface area contributed by atoms with Crippen LogP contribution in [0.5, 0.6) is 11.5 Å². The van der Waals surface area contributed by atoms with Crippen LogP contribution < -0.4 is 20.5 Å². The van der Waals surface area contributed by atoms with Crippen molar-refractivity contribution < 1.29 is 19.4 Å². The molecule has 0 spiro atoms. The van der Waals surface area contributed by atoms with Gasteiger partial charge < -0.3 is 25.6 Å². The molecule has 0 unspecified atom stereocenters. The summed E-state index contributed by atoms with van der Waals surface area (Å²) in [5, 5.41) is 13.6. The Balaban J connectivity index is 2.08. The van der Waals surface area contributed by atoms with Gasteiger partial charge in [-0.05, 0) is 80.9 Å². The fourth-order valence-electron chi connectivity index (χ4n) is 3.99. The van der Waals surface area contributed by atoms with Crippen molar-refractivity contribution in [3.8, 4) is 11.5 Å². The predicted octanol–water partition coefficient (Wildman–Crippen LogP) is 3.87. The van der Waals surface area contributed by atoms with Gasteiger partial charge in [-0.15, -0.1) is 0 Å². The van der Waals surface area contributed by atoms with Crippen molar-refractivity contribution in [2.75, 3.05) is 32.0 Å². The minimum Gasteiger partial charge on any atom is -0.492 e. The van der Waals surface area contributed by atoms with E-state index in [0.29, 0.717) is 36.2 Å². The van der Waals surface area contributed by atoms with E-state index in [4.69, 9.17) is 26.8 Å². The van der Waals surface area contributed by atoms with Gasteiger partial charge in [0, 0.05) is 6.20 Å². The molecule has 1 saturated heterocycles. The van der Waals surface area contributed by atoms with Crippen LogP contribution in [-0.4, -0.2) is 42.4 Å². The molecule has 1 aliphatic rings. The highest BCUT2D eigenvalue weighted by atomic mass is 35.5. The average molecular weight is 434 g/mol. The molecule has 7 nitrogen and oxygen atoms in total. The molecule has 8 heteroatoms. The molecule has 1 fully saturated rings. The first-order chi connectivity index (χ1) is 14.5. The van der Waals surface area contributed by atoms with Crippen molar-refractivity contribution in [3.05, 3.63) is 45.6 Å². The summed E-state index contributed by atoms with van der Waals surface area (Å²) in [6, 6.07) is 3.74. The number of halogens is 1. The number of aromatic carboxylic acids is 1. The number of nitrogens with two attached hydrogens (primary N) is 1. The minimum absolute atomic E-state index is 0.0564. The molecule has 4 N–H and O–H groups in total. The molecule has 1 aromatic heterocycles. The van der Waals surface area contributed by atoms with Crippen molar-refractivity contribution in [2.24, 2.45) is 0 Å². The Labute approximate surface area is 181 Å². The molecule has 1 aromatic carbocycles. The van der Waals surface area contributed by atoms with E-state index in [0.717, 1.165) is 42.6 Å². The van der Waals surface area contributed by atoms with Crippen LogP contribution in [0.3, 0.4) is 0 Å². The van der Waals surface area contributed by atoms with Crippen molar-refractivity contribution in [1.82, 2.24) is 10.3 Å². The molecule has 162 valence electrons. The molecule has 3 rings (SSSR count). The first-order valence-corrected chi connectivity index (χ1v) is 10.6. The summed E-state index contributed by atoms with van der Waals surface area (Å²) in [4.78, 5) is 16.2. The molecule has 0 saturated carbocycles. The standard InChI is InChI=1S/C22H28ClN3O4/c1-3-29-16-10-13(11-17(20(16)23)30-4-2)9-15-12-26-21(24)19(22(27)28)18(15)14-5-7-25-8-6-14/h10-12,14,25H,3-9H2,1-2H3,(H2,24,26)(H,27,28). The number of carboxylic acid groups (broad SMARTS) is 1. The van der Waals surface area contributed by atoms with Crippen molar-refractivity contribution in [1.29, 1.82) is 0 Å². The maximum absolute atomic E-state index is 12.0. The number of ether oxygens (including phenoxy) is 2. The largest absolute Gasteiger partial charge is 0.492 e. The summed E-state index contributed by atoms with van der Waals surface area (Å²) >= 11 is 6.42. The highest BCUT2D eigenvalue weighted by Gasteiger charge is 2.27. The van der Waals surface area contributed by atoms with Gasteiger partial charge >= 0.3 is 5.97 Å². The second-order valence-corrected chi connectivity index (χ2v) is 7.61. The van der Waals surface area contributed by atoms with Gasteiger partial charge in [0.2, 0.25) is 0 Å². The molecule has 0 bridgehead atoms. The number of carbonyl (C=O) groups is 1. The smallest absolute Gasteiger partial charge is 0.339 e. The van der Waals surface area contributed by atoms with E-state index in [2.05, 4.69) is 10.3 Å². The van der Waals surface area contributed by atoms with E-state index < -0.39 is 5.97 Å². The van der Waals surface area contributed by atoms with Crippen molar-refractivity contribution >= 4 is 23.4 Å². The lowest BCUT2D eigenvalue weighted by molar-refractivity contribution is 0.0695. The quantitative estimate of drug-likeness (QED) is 0.580. The van der Waals surface area contributed by atoms with E-state index in [9.17, 15) is 9.90 Å². The van der Waals surface area contributed by atoms with Gasteiger partial charge in [0.05, 0.1) is 13.2 Å². The number of pyridine rings is 1. The Morgan fingerprint density at radius 1 is 1.23 bits per heavy atom. The maximum atomic E-state index is 12.0. The second-order valence-electron chi connectivity index (χ2n) is 7.24. The number of nitrogens with one attached hydrogen (secondary N) is 1. The molecular formula is C22H28ClN3O4. The number of hydrogen-bond donors (Lipinski definition) is 3. The predicted molar refractivity (Wildman–Crippen MR) is 117 cm³/mol. The third kappa shape index (κ3) is 4.79. The van der Waals surface area contributed by atoms with Crippen LogP contribution in [-0.2, 0) is 6.42 Å². The lowest BCUT2D eigenvalue weighted by Crippen LogP contribution is -2.28. The summed E-state index contributed by atoms with van der Waals surface area (Å²) in [5.74, 6) is 0.218. The number of nitrogens with zero attached hydrogens (tertiary/aromatic N) is 1. The molecule has 30 heavy (non-hydrogen) atoms. The van der Waals surface area contributed by atoms with Gasteiger partial charge in [0.25, 0.3) is 0 Å². The Bertz CT molecular complexity index is 886. The van der Waals surface area contributed by atoms with E-state index in [1.165, 1.54) is 0 Å². The fraction of sp³-hybridized carbons (Fsp3) is 0.455. The fourth-order valence-corrected chi connectivity index (χ4v) is 4.21. The van der Waals surface area contributed by atoms with Crippen LogP contribution in [0.2, 0.25) is 5.02 Å². The van der Waals surface area contributed by atoms with Crippen LogP contribution in [0.4, 0.5) is 5.82 Å². The Morgan fingerprint density at radius 2 is 1.83 bits per heavy atom. The van der Waals surface area contributed by atoms with Gasteiger partial charge in [-0.25, -0.2) is 9.78 Å². The number of benzene rings is 1. The lowest BCUT2D eigenvalue weighted by atomic mass is 9.83. The average Bonchev–Trinajstić information content (AvgIpc) is 2.73. The zero-order chi connectivity index (χ0) is 21.7. The maximum Gasteiger partial charge on any atom is 0.339 e. The van der Waals surface area contributed by atoms with Gasteiger partial charge in [0.1, 0.15) is 27.9 Å². The minimum atomic E-state index is -1.04. The van der Waals surface area contributed by atoms with E-state index in [-0.39, 0.29) is 17.3 Å². The number of hydrogen-bond acceptors (Lipinski definition) is 6. The Hall–Kier alpha value is -2.51. The second kappa shape index (κ2) is 10.00. The molecular weight excluding hydrogens is 406 g/mol. The normalized spacial score (nSPS) is 14.5. The summed E-state index contributed by atoms with van der Waals surface area (Å²) in [6.45, 7) is 6.41. The molecule has 1 aliphatic heterocycles. The number of aromatic nitrogens is 1. The number of piperidine rings is 1. The van der Waals surface area contributed by atoms with E-state index >= 15 is 0 Å². The van der Waals surface area contributed by atoms with Crippen LogP contribution in [0.15, 0.2) is 18.3 Å². The third-order valence-electron chi connectivity index (χ3n) is 5.25. The van der Waals surface area contributed by atoms with Gasteiger partial charge in [-0.2, -0.15) is 0 Å². The summed E-state index contributed by atoms with van der Waals surface area (Å²) in [7, 11) is 0. The van der Waals surface area contributed by atoms with Crippen LogP contribution in [0.25, 0.3) is 0 Å². The van der Waals surface area contributed by atoms with Crippen LogP contribution in [0.1, 0.15) is 59.7 Å². The molecule has 0 radical (unpaired) electrons. The third-order valence-corrected chi connectivity index (χ3v) is 5.62. The van der Waals surface area contributed by atoms with Crippen molar-refractivity contribution in [3.63, 3.8) is 0 Å². The number of nitrogen functional groups attached to an aromatic ring is 1. The highest BCUT2D eigenvalue weighted by Crippen LogP contribution is 2.38. The first kappa shape index (κ1) is 22.2. The Morgan fingerprint density at radius 3 is 2.37 bits per heavy atom. The summed E-state index contributed by atoms with van der Waals surface area (Å²) in [6.07, 6.45) is 3.87. The monoisotopic (exact) mass is 433 g/mol. The van der Waals surface area contributed by atoms with Gasteiger partial charge in [-0.1, -0.05) is 11.6 Å². The van der Waals surface area contributed by atoms with E-state index in [1.54, 1.807) is 6.20 Å². The Kier molecular flexibility index (Phi) is 7.39. The first-order valence-electron chi connectivity index (χ1n) is 10.2. The summed E-state index contributed by atoms with van der Waals surface area (Å²) in [5.41, 5.74) is 8.62. The van der Waals surface area contributed by atoms with Crippen LogP contribution >= 0.6 is 11.6 Å². The highest BCUT2D eigenvalue weighted by molar-refractivity contribution is 6.33. The lowest BCUT2D eigenvalue weighted by Gasteiger charge is -2.27. The zero-order valence-electron chi connectivity index (χ0n) is 17.3.